The maximum Gasteiger partial charge on any atom is 0.307 e. The Bertz CT molecular complexity index is 175. The van der Waals surface area contributed by atoms with Gasteiger partial charge in [0.15, 0.2) is 0 Å². The van der Waals surface area contributed by atoms with Crippen LogP contribution in [-0.2, 0) is 14.3 Å². The van der Waals surface area contributed by atoms with Crippen molar-refractivity contribution in [1.29, 1.82) is 0 Å². The van der Waals surface area contributed by atoms with E-state index < -0.39 is 0 Å². The smallest absolute Gasteiger partial charge is 0.307 e. The number of hydrogen-bond donors (Lipinski definition) is 1. The third kappa shape index (κ3) is 6.36. The first-order chi connectivity index (χ1) is 5.61. The van der Waals surface area contributed by atoms with E-state index in [0.29, 0.717) is 6.54 Å². The van der Waals surface area contributed by atoms with Crippen LogP contribution >= 0.6 is 12.4 Å². The van der Waals surface area contributed by atoms with Crippen LogP contribution in [0.1, 0.15) is 6.42 Å². The Labute approximate surface area is 83.6 Å². The zero-order valence-electron chi connectivity index (χ0n) is 7.78. The summed E-state index contributed by atoms with van der Waals surface area (Å²) in [4.78, 5) is 22.9. The quantitative estimate of drug-likeness (QED) is 0.629. The molecule has 0 aromatic rings. The topological polar surface area (TPSA) is 72.6 Å². The highest BCUT2D eigenvalue weighted by Crippen LogP contribution is 1.89. The number of likely N-dealkylation sites (N-methyl/N-ethyl adjacent to an activating group) is 1. The number of amides is 1. The molecule has 13 heavy (non-hydrogen) atoms. The lowest BCUT2D eigenvalue weighted by Crippen LogP contribution is -2.34. The van der Waals surface area contributed by atoms with Crippen molar-refractivity contribution < 1.29 is 14.3 Å². The third-order valence-corrected chi connectivity index (χ3v) is 1.48. The van der Waals surface area contributed by atoms with E-state index in [-0.39, 0.29) is 37.2 Å². The van der Waals surface area contributed by atoms with Gasteiger partial charge in [-0.05, 0) is 0 Å². The van der Waals surface area contributed by atoms with Crippen molar-refractivity contribution in [3.8, 4) is 0 Å². The molecule has 0 aliphatic carbocycles. The predicted octanol–water partition coefficient (Wildman–Crippen LogP) is -0.612. The summed E-state index contributed by atoms with van der Waals surface area (Å²) >= 11 is 0. The van der Waals surface area contributed by atoms with E-state index in [4.69, 9.17) is 5.73 Å². The summed E-state index contributed by atoms with van der Waals surface area (Å²) in [6.07, 6.45) is 0.207. The van der Waals surface area contributed by atoms with Crippen LogP contribution in [0.15, 0.2) is 0 Å². The fraction of sp³-hybridized carbons (Fsp3) is 0.714. The molecule has 0 saturated heterocycles. The summed E-state index contributed by atoms with van der Waals surface area (Å²) in [7, 11) is 2.91. The predicted molar refractivity (Wildman–Crippen MR) is 50.6 cm³/mol. The molecule has 1 amide bonds. The summed E-state index contributed by atoms with van der Waals surface area (Å²) in [5.74, 6) is -0.509. The van der Waals surface area contributed by atoms with Crippen LogP contribution in [0.25, 0.3) is 0 Å². The first-order valence-corrected chi connectivity index (χ1v) is 3.62. The monoisotopic (exact) mass is 210 g/mol. The number of nitrogens with zero attached hydrogens (tertiary/aromatic N) is 1. The van der Waals surface area contributed by atoms with Gasteiger partial charge in [0.2, 0.25) is 5.91 Å². The van der Waals surface area contributed by atoms with Gasteiger partial charge in [0, 0.05) is 13.6 Å². The van der Waals surface area contributed by atoms with Crippen molar-refractivity contribution in [2.75, 3.05) is 27.2 Å². The van der Waals surface area contributed by atoms with Crippen LogP contribution in [0.4, 0.5) is 0 Å². The molecule has 0 aromatic carbocycles. The molecular formula is C7H15ClN2O3. The number of methoxy groups -OCH3 is 1. The Kier molecular flexibility index (Phi) is 8.84. The van der Waals surface area contributed by atoms with E-state index in [1.165, 1.54) is 12.0 Å². The van der Waals surface area contributed by atoms with Gasteiger partial charge in [0.1, 0.15) is 0 Å². The number of esters is 1. The number of carbonyl (C=O) groups is 2. The largest absolute Gasteiger partial charge is 0.469 e. The minimum Gasteiger partial charge on any atom is -0.469 e. The first-order valence-electron chi connectivity index (χ1n) is 3.62. The molecule has 0 aromatic heterocycles. The second-order valence-electron chi connectivity index (χ2n) is 2.35. The van der Waals surface area contributed by atoms with Crippen LogP contribution in [0.5, 0.6) is 0 Å². The Hall–Kier alpha value is -0.810. The van der Waals surface area contributed by atoms with Crippen LogP contribution in [0.2, 0.25) is 0 Å². The lowest BCUT2D eigenvalue weighted by Gasteiger charge is -2.14. The van der Waals surface area contributed by atoms with Crippen molar-refractivity contribution in [3.05, 3.63) is 0 Å². The third-order valence-electron chi connectivity index (χ3n) is 1.48. The number of halogens is 1. The molecule has 6 heteroatoms. The highest BCUT2D eigenvalue weighted by Gasteiger charge is 2.08. The fourth-order valence-electron chi connectivity index (χ4n) is 0.642. The second-order valence-corrected chi connectivity index (χ2v) is 2.35. The van der Waals surface area contributed by atoms with Crippen LogP contribution in [0, 0.1) is 0 Å². The summed E-state index contributed by atoms with van der Waals surface area (Å²) in [5, 5.41) is 0. The summed E-state index contributed by atoms with van der Waals surface area (Å²) in [5.41, 5.74) is 5.10. The van der Waals surface area contributed by atoms with E-state index in [1.807, 2.05) is 0 Å². The molecule has 5 nitrogen and oxygen atoms in total. The van der Waals surface area contributed by atoms with Crippen molar-refractivity contribution in [3.63, 3.8) is 0 Å². The van der Waals surface area contributed by atoms with Crippen molar-refractivity contribution in [1.82, 2.24) is 4.90 Å². The molecule has 0 rings (SSSR count). The highest BCUT2D eigenvalue weighted by atomic mass is 35.5. The average molecular weight is 211 g/mol. The minimum absolute atomic E-state index is 0. The Balaban J connectivity index is 0. The van der Waals surface area contributed by atoms with Crippen molar-refractivity contribution in [2.24, 2.45) is 5.73 Å². The molecular weight excluding hydrogens is 196 g/mol. The van der Waals surface area contributed by atoms with E-state index in [1.54, 1.807) is 7.05 Å². The molecule has 0 saturated carbocycles. The van der Waals surface area contributed by atoms with Crippen molar-refractivity contribution in [2.45, 2.75) is 6.42 Å². The Morgan fingerprint density at radius 2 is 2.00 bits per heavy atom. The standard InChI is InChI=1S/C7H14N2O3.ClH/c1-9(6(10)5-8)4-3-7(11)12-2;/h3-5,8H2,1-2H3;1H. The zero-order chi connectivity index (χ0) is 9.56. The minimum atomic E-state index is -0.327. The second kappa shape index (κ2) is 7.82. The number of rotatable bonds is 4. The lowest BCUT2D eigenvalue weighted by atomic mass is 10.4. The lowest BCUT2D eigenvalue weighted by molar-refractivity contribution is -0.141. The van der Waals surface area contributed by atoms with Crippen LogP contribution in [-0.4, -0.2) is 44.0 Å². The van der Waals surface area contributed by atoms with Gasteiger partial charge in [0.05, 0.1) is 20.1 Å². The molecule has 0 aliphatic rings. The molecule has 0 unspecified atom stereocenters. The molecule has 78 valence electrons. The van der Waals surface area contributed by atoms with Gasteiger partial charge in [-0.3, -0.25) is 9.59 Å². The fourth-order valence-corrected chi connectivity index (χ4v) is 0.642. The van der Waals surface area contributed by atoms with Crippen LogP contribution in [0.3, 0.4) is 0 Å². The molecule has 0 fully saturated rings. The molecule has 0 radical (unpaired) electrons. The zero-order valence-corrected chi connectivity index (χ0v) is 8.60. The van der Waals surface area contributed by atoms with E-state index in [9.17, 15) is 9.59 Å². The number of hydrogen-bond acceptors (Lipinski definition) is 4. The average Bonchev–Trinajstić information content (AvgIpc) is 2.11. The maximum atomic E-state index is 10.9. The van der Waals surface area contributed by atoms with E-state index >= 15 is 0 Å². The summed E-state index contributed by atoms with van der Waals surface area (Å²) < 4.78 is 4.41. The normalized spacial score (nSPS) is 8.54. The maximum absolute atomic E-state index is 10.9. The number of carbonyl (C=O) groups excluding carboxylic acids is 2. The van der Waals surface area contributed by atoms with Gasteiger partial charge in [-0.1, -0.05) is 0 Å². The molecule has 0 heterocycles. The molecule has 0 aliphatic heterocycles. The number of nitrogens with two attached hydrogens (primary N) is 1. The van der Waals surface area contributed by atoms with Crippen LogP contribution < -0.4 is 5.73 Å². The summed E-state index contributed by atoms with van der Waals surface area (Å²) in [6.45, 7) is 0.320. The van der Waals surface area contributed by atoms with Gasteiger partial charge in [-0.15, -0.1) is 12.4 Å². The first kappa shape index (κ1) is 14.7. The summed E-state index contributed by atoms with van der Waals surface area (Å²) in [6, 6.07) is 0. The highest BCUT2D eigenvalue weighted by molar-refractivity contribution is 5.85. The molecule has 0 atom stereocenters. The molecule has 0 bridgehead atoms. The van der Waals surface area contributed by atoms with Crippen molar-refractivity contribution >= 4 is 24.3 Å². The van der Waals surface area contributed by atoms with E-state index in [0.717, 1.165) is 0 Å². The Morgan fingerprint density at radius 1 is 1.46 bits per heavy atom. The SMILES string of the molecule is COC(=O)CCN(C)C(=O)CN.Cl. The van der Waals surface area contributed by atoms with Gasteiger partial charge in [0.25, 0.3) is 0 Å². The van der Waals surface area contributed by atoms with Gasteiger partial charge in [-0.2, -0.15) is 0 Å². The van der Waals surface area contributed by atoms with Gasteiger partial charge in [-0.25, -0.2) is 0 Å². The van der Waals surface area contributed by atoms with E-state index in [2.05, 4.69) is 4.74 Å². The molecule has 0 spiro atoms. The molecule has 2 N–H and O–H groups in total. The van der Waals surface area contributed by atoms with Gasteiger partial charge < -0.3 is 15.4 Å². The Morgan fingerprint density at radius 3 is 2.38 bits per heavy atom. The number of ether oxygens (including phenoxy) is 1. The van der Waals surface area contributed by atoms with Gasteiger partial charge >= 0.3 is 5.97 Å².